The van der Waals surface area contributed by atoms with Gasteiger partial charge in [-0.1, -0.05) is 18.2 Å². The van der Waals surface area contributed by atoms with Crippen LogP contribution in [-0.2, 0) is 4.74 Å². The van der Waals surface area contributed by atoms with E-state index in [9.17, 15) is 14.4 Å². The number of hydrogen-bond donors (Lipinski definition) is 1. The molecule has 3 aromatic rings. The molecule has 7 heteroatoms. The zero-order valence-corrected chi connectivity index (χ0v) is 13.2. The van der Waals surface area contributed by atoms with Gasteiger partial charge in [-0.2, -0.15) is 0 Å². The molecule has 0 saturated heterocycles. The lowest BCUT2D eigenvalue weighted by atomic mass is 10.1. The van der Waals surface area contributed by atoms with Gasteiger partial charge in [0.15, 0.2) is 5.65 Å². The third kappa shape index (κ3) is 2.60. The standard InChI is InChI=1S/C17H15N3O4/c1-3-24-16(22)12-9-13-14(18-10(12)2)20(17(23)19-15(13)21)11-7-5-4-6-8-11/h4-9H,3H2,1-2H3,(H,19,21,23). The van der Waals surface area contributed by atoms with E-state index in [0.29, 0.717) is 11.4 Å². The van der Waals surface area contributed by atoms with E-state index in [1.807, 2.05) is 6.07 Å². The number of pyridine rings is 1. The molecule has 0 aliphatic rings. The molecule has 0 saturated carbocycles. The van der Waals surface area contributed by atoms with Crippen LogP contribution in [0, 0.1) is 6.92 Å². The first-order valence-electron chi connectivity index (χ1n) is 7.42. The number of fused-ring (bicyclic) bond motifs is 1. The highest BCUT2D eigenvalue weighted by Gasteiger charge is 2.17. The van der Waals surface area contributed by atoms with Gasteiger partial charge >= 0.3 is 11.7 Å². The molecule has 3 rings (SSSR count). The van der Waals surface area contributed by atoms with E-state index in [0.717, 1.165) is 0 Å². The largest absolute Gasteiger partial charge is 0.462 e. The van der Waals surface area contributed by atoms with E-state index in [1.165, 1.54) is 10.6 Å². The summed E-state index contributed by atoms with van der Waals surface area (Å²) >= 11 is 0. The van der Waals surface area contributed by atoms with Crippen molar-refractivity contribution in [3.63, 3.8) is 0 Å². The molecule has 1 N–H and O–H groups in total. The highest BCUT2D eigenvalue weighted by molar-refractivity contribution is 5.94. The molecule has 0 aliphatic carbocycles. The Kier molecular flexibility index (Phi) is 3.99. The predicted octanol–water partition coefficient (Wildman–Crippen LogP) is 1.56. The number of ether oxygens (including phenoxy) is 1. The zero-order valence-electron chi connectivity index (χ0n) is 13.2. The molecule has 0 unspecified atom stereocenters. The maximum absolute atomic E-state index is 12.3. The highest BCUT2D eigenvalue weighted by atomic mass is 16.5. The summed E-state index contributed by atoms with van der Waals surface area (Å²) in [5, 5.41) is 0.145. The minimum absolute atomic E-state index is 0.145. The van der Waals surface area contributed by atoms with Gasteiger partial charge in [0.2, 0.25) is 0 Å². The Morgan fingerprint density at radius 2 is 1.96 bits per heavy atom. The van der Waals surface area contributed by atoms with E-state index in [-0.39, 0.29) is 23.2 Å². The fourth-order valence-electron chi connectivity index (χ4n) is 2.48. The van der Waals surface area contributed by atoms with Crippen LogP contribution in [0.4, 0.5) is 0 Å². The van der Waals surface area contributed by atoms with E-state index in [2.05, 4.69) is 9.97 Å². The molecule has 2 aromatic heterocycles. The van der Waals surface area contributed by atoms with Crippen LogP contribution in [0.2, 0.25) is 0 Å². The van der Waals surface area contributed by atoms with Crippen molar-refractivity contribution in [1.82, 2.24) is 14.5 Å². The first-order valence-corrected chi connectivity index (χ1v) is 7.42. The maximum atomic E-state index is 12.3. The number of aryl methyl sites for hydroxylation is 1. The van der Waals surface area contributed by atoms with E-state index < -0.39 is 17.2 Å². The van der Waals surface area contributed by atoms with Gasteiger partial charge < -0.3 is 4.74 Å². The molecule has 0 fully saturated rings. The van der Waals surface area contributed by atoms with Crippen LogP contribution >= 0.6 is 0 Å². The van der Waals surface area contributed by atoms with Crippen LogP contribution < -0.4 is 11.2 Å². The number of H-pyrrole nitrogens is 1. The van der Waals surface area contributed by atoms with Crippen molar-refractivity contribution in [3.8, 4) is 5.69 Å². The van der Waals surface area contributed by atoms with Gasteiger partial charge in [-0.05, 0) is 32.0 Å². The fourth-order valence-corrected chi connectivity index (χ4v) is 2.48. The summed E-state index contributed by atoms with van der Waals surface area (Å²) in [6.45, 7) is 3.55. The van der Waals surface area contributed by atoms with Gasteiger partial charge in [-0.25, -0.2) is 19.1 Å². The second kappa shape index (κ2) is 6.11. The van der Waals surface area contributed by atoms with Crippen LogP contribution in [0.5, 0.6) is 0 Å². The Morgan fingerprint density at radius 3 is 2.62 bits per heavy atom. The fraction of sp³-hybridized carbons (Fsp3) is 0.176. The van der Waals surface area contributed by atoms with Gasteiger partial charge in [0, 0.05) is 0 Å². The molecule has 0 atom stereocenters. The second-order valence-corrected chi connectivity index (χ2v) is 5.14. The monoisotopic (exact) mass is 325 g/mol. The number of carbonyl (C=O) groups excluding carboxylic acids is 1. The van der Waals surface area contributed by atoms with Gasteiger partial charge in [-0.3, -0.25) is 9.78 Å². The number of hydrogen-bond acceptors (Lipinski definition) is 5. The van der Waals surface area contributed by atoms with Crippen LogP contribution in [0.1, 0.15) is 23.0 Å². The Hall–Kier alpha value is -3.22. The molecule has 0 bridgehead atoms. The molecule has 122 valence electrons. The minimum atomic E-state index is -0.597. The summed E-state index contributed by atoms with van der Waals surface area (Å²) in [4.78, 5) is 43.0. The third-order valence-electron chi connectivity index (χ3n) is 3.58. The lowest BCUT2D eigenvalue weighted by Crippen LogP contribution is -2.30. The highest BCUT2D eigenvalue weighted by Crippen LogP contribution is 2.16. The molecule has 0 radical (unpaired) electrons. The number of carbonyl (C=O) groups is 1. The number of aromatic amines is 1. The van der Waals surface area contributed by atoms with E-state index in [1.54, 1.807) is 38.1 Å². The molecule has 0 aliphatic heterocycles. The summed E-state index contributed by atoms with van der Waals surface area (Å²) in [6.07, 6.45) is 0. The number of para-hydroxylation sites is 1. The van der Waals surface area contributed by atoms with Crippen molar-refractivity contribution >= 4 is 17.0 Å². The molecule has 1 aromatic carbocycles. The molecule has 0 amide bonds. The van der Waals surface area contributed by atoms with Crippen LogP contribution in [0.3, 0.4) is 0 Å². The summed E-state index contributed by atoms with van der Waals surface area (Å²) < 4.78 is 6.28. The Balaban J connectivity index is 2.36. The van der Waals surface area contributed by atoms with Crippen molar-refractivity contribution in [2.24, 2.45) is 0 Å². The SMILES string of the molecule is CCOC(=O)c1cc2c(=O)[nH]c(=O)n(-c3ccccc3)c2nc1C. The lowest BCUT2D eigenvalue weighted by Gasteiger charge is -2.11. The summed E-state index contributed by atoms with van der Waals surface area (Å²) in [5.41, 5.74) is 0.165. The summed E-state index contributed by atoms with van der Waals surface area (Å²) in [6, 6.07) is 10.2. The third-order valence-corrected chi connectivity index (χ3v) is 3.58. The van der Waals surface area contributed by atoms with E-state index >= 15 is 0 Å². The molecule has 0 spiro atoms. The molecular formula is C17H15N3O4. The number of rotatable bonds is 3. The first kappa shape index (κ1) is 15.7. The van der Waals surface area contributed by atoms with Gasteiger partial charge in [0.25, 0.3) is 5.56 Å². The number of benzene rings is 1. The van der Waals surface area contributed by atoms with Crippen molar-refractivity contribution in [3.05, 3.63) is 68.5 Å². The van der Waals surface area contributed by atoms with Gasteiger partial charge in [0.05, 0.1) is 28.9 Å². The van der Waals surface area contributed by atoms with Crippen LogP contribution in [-0.4, -0.2) is 27.1 Å². The topological polar surface area (TPSA) is 94.0 Å². The summed E-state index contributed by atoms with van der Waals surface area (Å²) in [5.74, 6) is -0.554. The molecule has 7 nitrogen and oxygen atoms in total. The first-order chi connectivity index (χ1) is 11.5. The van der Waals surface area contributed by atoms with Crippen molar-refractivity contribution in [1.29, 1.82) is 0 Å². The molecule has 2 heterocycles. The van der Waals surface area contributed by atoms with Crippen molar-refractivity contribution in [2.45, 2.75) is 13.8 Å². The lowest BCUT2D eigenvalue weighted by molar-refractivity contribution is 0.0525. The number of nitrogens with one attached hydrogen (secondary N) is 1. The minimum Gasteiger partial charge on any atom is -0.462 e. The summed E-state index contributed by atoms with van der Waals surface area (Å²) in [7, 11) is 0. The zero-order chi connectivity index (χ0) is 17.3. The number of aromatic nitrogens is 3. The van der Waals surface area contributed by atoms with E-state index in [4.69, 9.17) is 4.74 Å². The average Bonchev–Trinajstić information content (AvgIpc) is 2.55. The number of esters is 1. The van der Waals surface area contributed by atoms with Crippen LogP contribution in [0.15, 0.2) is 46.0 Å². The molecule has 24 heavy (non-hydrogen) atoms. The predicted molar refractivity (Wildman–Crippen MR) is 88.7 cm³/mol. The average molecular weight is 325 g/mol. The molecular weight excluding hydrogens is 310 g/mol. The van der Waals surface area contributed by atoms with Gasteiger partial charge in [-0.15, -0.1) is 0 Å². The normalized spacial score (nSPS) is 10.8. The van der Waals surface area contributed by atoms with Crippen LogP contribution in [0.25, 0.3) is 16.7 Å². The Labute approximate surface area is 136 Å². The number of nitrogens with zero attached hydrogens (tertiary/aromatic N) is 2. The maximum Gasteiger partial charge on any atom is 0.339 e. The Bertz CT molecular complexity index is 1040. The Morgan fingerprint density at radius 1 is 1.25 bits per heavy atom. The quantitative estimate of drug-likeness (QED) is 0.738. The van der Waals surface area contributed by atoms with Gasteiger partial charge in [0.1, 0.15) is 0 Å². The van der Waals surface area contributed by atoms with Crippen molar-refractivity contribution in [2.75, 3.05) is 6.61 Å². The smallest absolute Gasteiger partial charge is 0.339 e. The van der Waals surface area contributed by atoms with Crippen molar-refractivity contribution < 1.29 is 9.53 Å². The second-order valence-electron chi connectivity index (χ2n) is 5.14.